The number of nitrogens with zero attached hydrogens (tertiary/aromatic N) is 2. The van der Waals surface area contributed by atoms with Crippen molar-refractivity contribution in [1.29, 1.82) is 0 Å². The van der Waals surface area contributed by atoms with Crippen LogP contribution in [0.4, 0.5) is 0 Å². The van der Waals surface area contributed by atoms with Gasteiger partial charge in [0.1, 0.15) is 0 Å². The van der Waals surface area contributed by atoms with Crippen LogP contribution < -0.4 is 5.32 Å². The molecule has 0 amide bonds. The Morgan fingerprint density at radius 2 is 2.15 bits per heavy atom. The summed E-state index contributed by atoms with van der Waals surface area (Å²) < 4.78 is 5.71. The van der Waals surface area contributed by atoms with E-state index >= 15 is 0 Å². The topological polar surface area (TPSA) is 27.7 Å². The average molecular weight is 283 g/mol. The number of nitrogens with one attached hydrogen (secondary N) is 1. The predicted octanol–water partition coefficient (Wildman–Crippen LogP) is 1.56. The van der Waals surface area contributed by atoms with E-state index in [4.69, 9.17) is 4.74 Å². The van der Waals surface area contributed by atoms with E-state index in [1.807, 2.05) is 0 Å². The van der Waals surface area contributed by atoms with Crippen LogP contribution in [0.15, 0.2) is 0 Å². The van der Waals surface area contributed by atoms with E-state index in [-0.39, 0.29) is 0 Å². The Balaban J connectivity index is 1.67. The Hall–Kier alpha value is -0.160. The fourth-order valence-electron chi connectivity index (χ4n) is 3.53. The Morgan fingerprint density at radius 3 is 2.85 bits per heavy atom. The Morgan fingerprint density at radius 1 is 1.30 bits per heavy atom. The lowest BCUT2D eigenvalue weighted by Gasteiger charge is -2.39. The molecule has 0 saturated carbocycles. The standard InChI is InChI=1S/C16H33N3O/c1-17-14(6-4-7-16-8-5-11-20-16)12-15-13-18(2)9-10-19(15)3/h14-17H,4-13H2,1-3H3. The van der Waals surface area contributed by atoms with Crippen LogP contribution in [0.3, 0.4) is 0 Å². The highest BCUT2D eigenvalue weighted by Gasteiger charge is 2.25. The van der Waals surface area contributed by atoms with Gasteiger partial charge in [-0.1, -0.05) is 0 Å². The first kappa shape index (κ1) is 16.2. The summed E-state index contributed by atoms with van der Waals surface area (Å²) in [6.07, 6.45) is 8.18. The molecule has 0 aliphatic carbocycles. The number of hydrogen-bond acceptors (Lipinski definition) is 4. The van der Waals surface area contributed by atoms with E-state index in [9.17, 15) is 0 Å². The molecule has 20 heavy (non-hydrogen) atoms. The first-order valence-electron chi connectivity index (χ1n) is 8.36. The lowest BCUT2D eigenvalue weighted by molar-refractivity contribution is 0.0939. The van der Waals surface area contributed by atoms with Crippen LogP contribution in [-0.2, 0) is 4.74 Å². The van der Waals surface area contributed by atoms with Crippen molar-refractivity contribution >= 4 is 0 Å². The minimum absolute atomic E-state index is 0.552. The zero-order valence-electron chi connectivity index (χ0n) is 13.6. The van der Waals surface area contributed by atoms with E-state index in [1.165, 1.54) is 58.2 Å². The molecule has 0 aromatic carbocycles. The van der Waals surface area contributed by atoms with Gasteiger partial charge in [0.2, 0.25) is 0 Å². The van der Waals surface area contributed by atoms with Crippen LogP contribution >= 0.6 is 0 Å². The fraction of sp³-hybridized carbons (Fsp3) is 1.00. The predicted molar refractivity (Wildman–Crippen MR) is 84.2 cm³/mol. The van der Waals surface area contributed by atoms with Crippen molar-refractivity contribution in [2.24, 2.45) is 0 Å². The summed E-state index contributed by atoms with van der Waals surface area (Å²) in [6, 6.07) is 1.35. The van der Waals surface area contributed by atoms with Crippen LogP contribution in [0.5, 0.6) is 0 Å². The second kappa shape index (κ2) is 8.32. The maximum atomic E-state index is 5.71. The molecule has 0 radical (unpaired) electrons. The number of ether oxygens (including phenoxy) is 1. The molecule has 0 spiro atoms. The summed E-state index contributed by atoms with van der Waals surface area (Å²) >= 11 is 0. The van der Waals surface area contributed by atoms with E-state index < -0.39 is 0 Å². The Bertz CT molecular complexity index is 268. The van der Waals surface area contributed by atoms with Gasteiger partial charge < -0.3 is 19.9 Å². The van der Waals surface area contributed by atoms with Crippen LogP contribution in [0.2, 0.25) is 0 Å². The number of piperazine rings is 1. The lowest BCUT2D eigenvalue weighted by Crippen LogP contribution is -2.52. The van der Waals surface area contributed by atoms with Crippen LogP contribution in [0, 0.1) is 0 Å². The second-order valence-corrected chi connectivity index (χ2v) is 6.68. The van der Waals surface area contributed by atoms with Crippen LogP contribution in [0.1, 0.15) is 38.5 Å². The molecule has 2 saturated heterocycles. The van der Waals surface area contributed by atoms with Crippen molar-refractivity contribution in [3.63, 3.8) is 0 Å². The number of rotatable bonds is 7. The SMILES string of the molecule is CNC(CCCC1CCCO1)CC1CN(C)CCN1C. The molecule has 2 heterocycles. The quantitative estimate of drug-likeness (QED) is 0.767. The molecular formula is C16H33N3O. The molecule has 0 bridgehead atoms. The van der Waals surface area contributed by atoms with E-state index in [2.05, 4.69) is 36.3 Å². The first-order chi connectivity index (χ1) is 9.69. The summed E-state index contributed by atoms with van der Waals surface area (Å²) in [4.78, 5) is 4.99. The van der Waals surface area contributed by atoms with Gasteiger partial charge in [-0.25, -0.2) is 0 Å². The highest BCUT2D eigenvalue weighted by molar-refractivity contribution is 4.83. The van der Waals surface area contributed by atoms with Crippen LogP contribution in [0.25, 0.3) is 0 Å². The minimum Gasteiger partial charge on any atom is -0.378 e. The third-order valence-electron chi connectivity index (χ3n) is 5.05. The van der Waals surface area contributed by atoms with Gasteiger partial charge in [-0.05, 0) is 59.7 Å². The molecule has 2 fully saturated rings. The van der Waals surface area contributed by atoms with Crippen molar-refractivity contribution in [3.8, 4) is 0 Å². The molecule has 3 atom stereocenters. The van der Waals surface area contributed by atoms with Crippen LogP contribution in [-0.4, -0.2) is 75.4 Å². The first-order valence-corrected chi connectivity index (χ1v) is 8.36. The third kappa shape index (κ3) is 4.99. The van der Waals surface area contributed by atoms with Gasteiger partial charge >= 0.3 is 0 Å². The van der Waals surface area contributed by atoms with Gasteiger partial charge in [0.15, 0.2) is 0 Å². The molecule has 4 nitrogen and oxygen atoms in total. The maximum Gasteiger partial charge on any atom is 0.0576 e. The normalized spacial score (nSPS) is 30.8. The van der Waals surface area contributed by atoms with Crippen molar-refractivity contribution < 1.29 is 4.74 Å². The highest BCUT2D eigenvalue weighted by Crippen LogP contribution is 2.20. The van der Waals surface area contributed by atoms with Gasteiger partial charge in [0.25, 0.3) is 0 Å². The molecule has 2 aliphatic heterocycles. The van der Waals surface area contributed by atoms with E-state index in [1.54, 1.807) is 0 Å². The molecule has 4 heteroatoms. The maximum absolute atomic E-state index is 5.71. The summed E-state index contributed by atoms with van der Waals surface area (Å²) in [7, 11) is 6.63. The van der Waals surface area contributed by atoms with Gasteiger partial charge in [0.05, 0.1) is 6.10 Å². The third-order valence-corrected chi connectivity index (χ3v) is 5.05. The summed E-state index contributed by atoms with van der Waals surface area (Å²) in [6.45, 7) is 4.60. The summed E-state index contributed by atoms with van der Waals surface area (Å²) in [5.74, 6) is 0. The van der Waals surface area contributed by atoms with Crippen molar-refractivity contribution in [2.75, 3.05) is 47.4 Å². The smallest absolute Gasteiger partial charge is 0.0576 e. The molecule has 1 N–H and O–H groups in total. The van der Waals surface area contributed by atoms with Crippen molar-refractivity contribution in [3.05, 3.63) is 0 Å². The Kier molecular flexibility index (Phi) is 6.75. The summed E-state index contributed by atoms with van der Waals surface area (Å²) in [5.41, 5.74) is 0. The van der Waals surface area contributed by atoms with Crippen molar-refractivity contribution in [1.82, 2.24) is 15.1 Å². The lowest BCUT2D eigenvalue weighted by atomic mass is 9.98. The molecule has 118 valence electrons. The van der Waals surface area contributed by atoms with Gasteiger partial charge in [0, 0.05) is 38.3 Å². The monoisotopic (exact) mass is 283 g/mol. The van der Waals surface area contributed by atoms with Gasteiger partial charge in [-0.3, -0.25) is 0 Å². The zero-order chi connectivity index (χ0) is 14.4. The fourth-order valence-corrected chi connectivity index (χ4v) is 3.53. The minimum atomic E-state index is 0.552. The molecule has 2 aliphatic rings. The van der Waals surface area contributed by atoms with Gasteiger partial charge in [-0.15, -0.1) is 0 Å². The number of hydrogen-bond donors (Lipinski definition) is 1. The van der Waals surface area contributed by atoms with E-state index in [0.717, 1.165) is 6.61 Å². The zero-order valence-corrected chi connectivity index (χ0v) is 13.6. The highest BCUT2D eigenvalue weighted by atomic mass is 16.5. The average Bonchev–Trinajstić information content (AvgIpc) is 2.94. The number of likely N-dealkylation sites (N-methyl/N-ethyl adjacent to an activating group) is 2. The summed E-state index contributed by atoms with van der Waals surface area (Å²) in [5, 5.41) is 3.52. The molecular weight excluding hydrogens is 250 g/mol. The van der Waals surface area contributed by atoms with E-state index in [0.29, 0.717) is 18.2 Å². The molecule has 3 unspecified atom stereocenters. The second-order valence-electron chi connectivity index (χ2n) is 6.68. The molecule has 0 aromatic heterocycles. The van der Waals surface area contributed by atoms with Crippen molar-refractivity contribution in [2.45, 2.75) is 56.7 Å². The van der Waals surface area contributed by atoms with Gasteiger partial charge in [-0.2, -0.15) is 0 Å². The Labute approximate surface area is 124 Å². The molecule has 2 rings (SSSR count). The largest absolute Gasteiger partial charge is 0.378 e. The molecule has 0 aromatic rings.